The minimum Gasteiger partial charge on any atom is -0.0622 e. The maximum Gasteiger partial charge on any atom is -0.0156 e. The molecule has 0 unspecified atom stereocenters. The lowest BCUT2D eigenvalue weighted by molar-refractivity contribution is 0.671. The standard InChI is InChI=1S/C12H15/c1-9-8-12(9)10(2)11-6-4-3-5-7-11/h3-7,10,12H,8H2,1-2H3/t10-,12-/m0/s1. The van der Waals surface area contributed by atoms with Crippen molar-refractivity contribution < 1.29 is 0 Å². The van der Waals surface area contributed by atoms with E-state index in [1.54, 1.807) is 5.92 Å². The molecule has 1 radical (unpaired) electrons. The molecule has 1 aromatic carbocycles. The highest BCUT2D eigenvalue weighted by Gasteiger charge is 2.37. The second kappa shape index (κ2) is 2.93. The van der Waals surface area contributed by atoms with E-state index in [-0.39, 0.29) is 0 Å². The number of benzene rings is 1. The van der Waals surface area contributed by atoms with Crippen LogP contribution in [0.5, 0.6) is 0 Å². The second-order valence-corrected chi connectivity index (χ2v) is 3.86. The van der Waals surface area contributed by atoms with Crippen LogP contribution in [0.3, 0.4) is 0 Å². The third-order valence-corrected chi connectivity index (χ3v) is 2.94. The van der Waals surface area contributed by atoms with E-state index in [9.17, 15) is 0 Å². The SMILES string of the molecule is C[C]1C[C@@H]1[C@@H](C)c1ccccc1. The van der Waals surface area contributed by atoms with Gasteiger partial charge in [0.05, 0.1) is 0 Å². The smallest absolute Gasteiger partial charge is 0.0156 e. The van der Waals surface area contributed by atoms with Crippen LogP contribution in [0.25, 0.3) is 0 Å². The Kier molecular flexibility index (Phi) is 1.92. The lowest BCUT2D eigenvalue weighted by atomic mass is 9.95. The topological polar surface area (TPSA) is 0 Å². The highest BCUT2D eigenvalue weighted by atomic mass is 14.4. The van der Waals surface area contributed by atoms with Gasteiger partial charge in [-0.15, -0.1) is 0 Å². The van der Waals surface area contributed by atoms with Crippen LogP contribution >= 0.6 is 0 Å². The molecule has 2 atom stereocenters. The predicted molar refractivity (Wildman–Crippen MR) is 51.9 cm³/mol. The maximum absolute atomic E-state index is 2.33. The fourth-order valence-corrected chi connectivity index (χ4v) is 1.88. The Morgan fingerprint density at radius 1 is 1.25 bits per heavy atom. The maximum atomic E-state index is 2.33. The molecule has 0 heteroatoms. The molecule has 0 amide bonds. The predicted octanol–water partition coefficient (Wildman–Crippen LogP) is 3.40. The molecular formula is C12H15. The van der Waals surface area contributed by atoms with Crippen LogP contribution in [0, 0.1) is 11.8 Å². The summed E-state index contributed by atoms with van der Waals surface area (Å²) in [5.41, 5.74) is 1.49. The fourth-order valence-electron chi connectivity index (χ4n) is 1.88. The van der Waals surface area contributed by atoms with Gasteiger partial charge < -0.3 is 0 Å². The molecular weight excluding hydrogens is 144 g/mol. The molecule has 0 spiro atoms. The summed E-state index contributed by atoms with van der Waals surface area (Å²) < 4.78 is 0. The molecule has 12 heavy (non-hydrogen) atoms. The minimum atomic E-state index is 0.728. The zero-order chi connectivity index (χ0) is 8.55. The Balaban J connectivity index is 2.10. The minimum absolute atomic E-state index is 0.728. The van der Waals surface area contributed by atoms with Gasteiger partial charge in [-0.2, -0.15) is 0 Å². The van der Waals surface area contributed by atoms with Gasteiger partial charge in [0.25, 0.3) is 0 Å². The van der Waals surface area contributed by atoms with E-state index in [0.717, 1.165) is 11.8 Å². The molecule has 1 fully saturated rings. The molecule has 63 valence electrons. The Labute approximate surface area is 74.6 Å². The van der Waals surface area contributed by atoms with E-state index in [2.05, 4.69) is 44.2 Å². The van der Waals surface area contributed by atoms with Crippen molar-refractivity contribution in [2.75, 3.05) is 0 Å². The quantitative estimate of drug-likeness (QED) is 0.620. The van der Waals surface area contributed by atoms with Gasteiger partial charge in [-0.05, 0) is 29.7 Å². The summed E-state index contributed by atoms with van der Waals surface area (Å²) in [5.74, 6) is 3.27. The highest BCUT2D eigenvalue weighted by molar-refractivity contribution is 5.26. The fraction of sp³-hybridized carbons (Fsp3) is 0.417. The molecule has 1 aliphatic carbocycles. The molecule has 0 heterocycles. The van der Waals surface area contributed by atoms with Crippen molar-refractivity contribution in [1.29, 1.82) is 0 Å². The summed E-state index contributed by atoms with van der Waals surface area (Å²) in [6, 6.07) is 10.8. The summed E-state index contributed by atoms with van der Waals surface area (Å²) in [6.07, 6.45) is 1.34. The molecule has 1 aliphatic rings. The lowest BCUT2D eigenvalue weighted by Crippen LogP contribution is -1.95. The molecule has 1 aromatic rings. The van der Waals surface area contributed by atoms with Gasteiger partial charge in [-0.3, -0.25) is 0 Å². The van der Waals surface area contributed by atoms with Crippen molar-refractivity contribution in [2.45, 2.75) is 26.2 Å². The number of hydrogen-bond acceptors (Lipinski definition) is 0. The summed E-state index contributed by atoms with van der Waals surface area (Å²) in [6.45, 7) is 4.60. The van der Waals surface area contributed by atoms with Gasteiger partial charge in [0.2, 0.25) is 0 Å². The van der Waals surface area contributed by atoms with Crippen molar-refractivity contribution in [3.8, 4) is 0 Å². The average Bonchev–Trinajstić information content (AvgIpc) is 2.83. The van der Waals surface area contributed by atoms with Crippen LogP contribution in [-0.2, 0) is 0 Å². The molecule has 0 N–H and O–H groups in total. The first-order valence-corrected chi connectivity index (χ1v) is 4.66. The molecule has 0 aromatic heterocycles. The Hall–Kier alpha value is -0.780. The average molecular weight is 159 g/mol. The van der Waals surface area contributed by atoms with E-state index in [1.165, 1.54) is 12.0 Å². The van der Waals surface area contributed by atoms with Gasteiger partial charge in [-0.25, -0.2) is 0 Å². The van der Waals surface area contributed by atoms with E-state index in [4.69, 9.17) is 0 Å². The van der Waals surface area contributed by atoms with E-state index in [0.29, 0.717) is 0 Å². The zero-order valence-corrected chi connectivity index (χ0v) is 7.75. The molecule has 0 nitrogen and oxygen atoms in total. The normalized spacial score (nSPS) is 25.3. The first-order chi connectivity index (χ1) is 5.79. The van der Waals surface area contributed by atoms with E-state index < -0.39 is 0 Å². The summed E-state index contributed by atoms with van der Waals surface area (Å²) in [7, 11) is 0. The van der Waals surface area contributed by atoms with Crippen molar-refractivity contribution in [1.82, 2.24) is 0 Å². The second-order valence-electron chi connectivity index (χ2n) is 3.86. The monoisotopic (exact) mass is 159 g/mol. The van der Waals surface area contributed by atoms with Crippen molar-refractivity contribution in [2.24, 2.45) is 5.92 Å². The van der Waals surface area contributed by atoms with Gasteiger partial charge >= 0.3 is 0 Å². The Morgan fingerprint density at radius 3 is 2.33 bits per heavy atom. The van der Waals surface area contributed by atoms with Crippen LogP contribution in [0.4, 0.5) is 0 Å². The highest BCUT2D eigenvalue weighted by Crippen LogP contribution is 2.49. The van der Waals surface area contributed by atoms with Gasteiger partial charge in [0.1, 0.15) is 0 Å². The number of hydrogen-bond donors (Lipinski definition) is 0. The molecule has 0 aliphatic heterocycles. The third-order valence-electron chi connectivity index (χ3n) is 2.94. The molecule has 2 rings (SSSR count). The summed E-state index contributed by atoms with van der Waals surface area (Å²) in [4.78, 5) is 0. The first kappa shape index (κ1) is 7.85. The molecule has 0 bridgehead atoms. The van der Waals surface area contributed by atoms with Crippen molar-refractivity contribution >= 4 is 0 Å². The first-order valence-electron chi connectivity index (χ1n) is 4.66. The Morgan fingerprint density at radius 2 is 1.83 bits per heavy atom. The zero-order valence-electron chi connectivity index (χ0n) is 7.75. The van der Waals surface area contributed by atoms with Crippen LogP contribution < -0.4 is 0 Å². The van der Waals surface area contributed by atoms with Gasteiger partial charge in [0.15, 0.2) is 0 Å². The summed E-state index contributed by atoms with van der Waals surface area (Å²) in [5, 5.41) is 0. The molecule has 0 saturated heterocycles. The lowest BCUT2D eigenvalue weighted by Gasteiger charge is -2.09. The van der Waals surface area contributed by atoms with E-state index in [1.807, 2.05) is 0 Å². The van der Waals surface area contributed by atoms with Crippen LogP contribution in [0.2, 0.25) is 0 Å². The van der Waals surface area contributed by atoms with Crippen LogP contribution in [0.1, 0.15) is 31.7 Å². The van der Waals surface area contributed by atoms with Gasteiger partial charge in [-0.1, -0.05) is 44.2 Å². The van der Waals surface area contributed by atoms with Gasteiger partial charge in [0, 0.05) is 0 Å². The van der Waals surface area contributed by atoms with Crippen molar-refractivity contribution in [3.05, 3.63) is 41.8 Å². The Bertz CT molecular complexity index is 250. The van der Waals surface area contributed by atoms with Crippen LogP contribution in [0.15, 0.2) is 30.3 Å². The van der Waals surface area contributed by atoms with E-state index >= 15 is 0 Å². The largest absolute Gasteiger partial charge is 0.0622 e. The third kappa shape index (κ3) is 1.38. The number of rotatable bonds is 2. The molecule has 1 saturated carbocycles. The van der Waals surface area contributed by atoms with Crippen LogP contribution in [-0.4, -0.2) is 0 Å². The van der Waals surface area contributed by atoms with Crippen molar-refractivity contribution in [3.63, 3.8) is 0 Å². The summed E-state index contributed by atoms with van der Waals surface area (Å²) >= 11 is 0.